The molecule has 0 bridgehead atoms. The van der Waals surface area contributed by atoms with E-state index in [9.17, 15) is 13.2 Å². The fourth-order valence-electron chi connectivity index (χ4n) is 1.46. The van der Waals surface area contributed by atoms with Crippen molar-refractivity contribution in [2.24, 2.45) is 0 Å². The van der Waals surface area contributed by atoms with Crippen molar-refractivity contribution in [1.82, 2.24) is 0 Å². The van der Waals surface area contributed by atoms with Crippen LogP contribution in [0.15, 0.2) is 12.1 Å². The first-order valence-corrected chi connectivity index (χ1v) is 6.90. The van der Waals surface area contributed by atoms with Crippen molar-refractivity contribution in [3.8, 4) is 11.5 Å². The van der Waals surface area contributed by atoms with Gasteiger partial charge in [-0.25, -0.2) is 0 Å². The number of rotatable bonds is 5. The molecule has 0 heterocycles. The SMILES string of the molecule is CCOc1cc(Cl)c(C(Br)C(F)(F)F)cc1OCC. The van der Waals surface area contributed by atoms with Crippen LogP contribution in [0.5, 0.6) is 11.5 Å². The zero-order valence-electron chi connectivity index (χ0n) is 10.4. The molecule has 0 radical (unpaired) electrons. The van der Waals surface area contributed by atoms with Gasteiger partial charge in [-0.1, -0.05) is 27.5 Å². The maximum absolute atomic E-state index is 12.7. The Balaban J connectivity index is 3.23. The first-order valence-electron chi connectivity index (χ1n) is 5.61. The second-order valence-corrected chi connectivity index (χ2v) is 4.91. The third-order valence-electron chi connectivity index (χ3n) is 2.22. The van der Waals surface area contributed by atoms with E-state index in [2.05, 4.69) is 15.9 Å². The Labute approximate surface area is 123 Å². The Morgan fingerprint density at radius 2 is 1.63 bits per heavy atom. The van der Waals surface area contributed by atoms with Crippen LogP contribution in [0.2, 0.25) is 5.02 Å². The molecule has 0 amide bonds. The molecule has 2 nitrogen and oxygen atoms in total. The highest BCUT2D eigenvalue weighted by Gasteiger charge is 2.40. The lowest BCUT2D eigenvalue weighted by molar-refractivity contribution is -0.128. The molecule has 0 aromatic heterocycles. The minimum Gasteiger partial charge on any atom is -0.490 e. The van der Waals surface area contributed by atoms with Crippen LogP contribution in [-0.2, 0) is 0 Å². The van der Waals surface area contributed by atoms with Crippen LogP contribution >= 0.6 is 27.5 Å². The molecule has 1 aromatic carbocycles. The van der Waals surface area contributed by atoms with E-state index < -0.39 is 11.0 Å². The molecule has 108 valence electrons. The van der Waals surface area contributed by atoms with E-state index in [-0.39, 0.29) is 16.3 Å². The lowest BCUT2D eigenvalue weighted by atomic mass is 10.1. The van der Waals surface area contributed by atoms with Crippen LogP contribution in [-0.4, -0.2) is 19.4 Å². The summed E-state index contributed by atoms with van der Waals surface area (Å²) in [6, 6.07) is 2.59. The molecule has 0 saturated heterocycles. The topological polar surface area (TPSA) is 18.5 Å². The molecule has 0 aliphatic carbocycles. The Hall–Kier alpha value is -0.620. The summed E-state index contributed by atoms with van der Waals surface area (Å²) < 4.78 is 48.7. The van der Waals surface area contributed by atoms with E-state index in [0.29, 0.717) is 19.0 Å². The fraction of sp³-hybridized carbons (Fsp3) is 0.500. The molecule has 0 N–H and O–H groups in total. The number of benzene rings is 1. The Morgan fingerprint density at radius 3 is 2.05 bits per heavy atom. The van der Waals surface area contributed by atoms with Crippen LogP contribution in [0.4, 0.5) is 13.2 Å². The van der Waals surface area contributed by atoms with E-state index in [1.165, 1.54) is 12.1 Å². The van der Waals surface area contributed by atoms with E-state index in [1.807, 2.05) is 0 Å². The zero-order chi connectivity index (χ0) is 14.6. The summed E-state index contributed by atoms with van der Waals surface area (Å²) in [5.41, 5.74) is -0.0962. The summed E-state index contributed by atoms with van der Waals surface area (Å²) >= 11 is 8.47. The van der Waals surface area contributed by atoms with Gasteiger partial charge in [0.15, 0.2) is 11.5 Å². The molecule has 1 aromatic rings. The first-order chi connectivity index (χ1) is 8.81. The van der Waals surface area contributed by atoms with Crippen LogP contribution < -0.4 is 9.47 Å². The van der Waals surface area contributed by atoms with Crippen LogP contribution in [0.1, 0.15) is 24.2 Å². The molecule has 19 heavy (non-hydrogen) atoms. The van der Waals surface area contributed by atoms with Gasteiger partial charge < -0.3 is 9.47 Å². The maximum Gasteiger partial charge on any atom is 0.405 e. The Morgan fingerprint density at radius 1 is 1.16 bits per heavy atom. The molecule has 0 fully saturated rings. The third kappa shape index (κ3) is 4.18. The second kappa shape index (κ2) is 6.70. The molecule has 0 aliphatic heterocycles. The molecular weight excluding hydrogens is 348 g/mol. The fourth-order valence-corrected chi connectivity index (χ4v) is 2.23. The van der Waals surface area contributed by atoms with Crippen molar-refractivity contribution in [3.05, 3.63) is 22.7 Å². The summed E-state index contributed by atoms with van der Waals surface area (Å²) in [5.74, 6) is 0.581. The maximum atomic E-state index is 12.7. The molecule has 0 saturated carbocycles. The monoisotopic (exact) mass is 360 g/mol. The van der Waals surface area contributed by atoms with Crippen LogP contribution in [0, 0.1) is 0 Å². The van der Waals surface area contributed by atoms with Gasteiger partial charge in [-0.3, -0.25) is 0 Å². The molecule has 1 atom stereocenters. The number of halogens is 5. The molecule has 0 spiro atoms. The lowest BCUT2D eigenvalue weighted by Crippen LogP contribution is -2.16. The predicted octanol–water partition coefficient (Wildman–Crippen LogP) is 5.14. The molecule has 7 heteroatoms. The molecular formula is C12H13BrClF3O2. The minimum atomic E-state index is -4.43. The summed E-state index contributed by atoms with van der Waals surface area (Å²) in [4.78, 5) is -1.85. The number of alkyl halides is 4. The summed E-state index contributed by atoms with van der Waals surface area (Å²) in [6.45, 7) is 4.19. The summed E-state index contributed by atoms with van der Waals surface area (Å²) in [6.07, 6.45) is -4.43. The van der Waals surface area contributed by atoms with Gasteiger partial charge >= 0.3 is 6.18 Å². The number of hydrogen-bond acceptors (Lipinski definition) is 2. The Kier molecular flexibility index (Phi) is 5.80. The van der Waals surface area contributed by atoms with Gasteiger partial charge in [-0.05, 0) is 25.5 Å². The zero-order valence-corrected chi connectivity index (χ0v) is 12.7. The Bertz CT molecular complexity index is 438. The minimum absolute atomic E-state index is 0.0221. The van der Waals surface area contributed by atoms with Crippen molar-refractivity contribution < 1.29 is 22.6 Å². The standard InChI is InChI=1S/C12H13BrClF3O2/c1-3-18-9-5-7(11(13)12(15,16)17)8(14)6-10(9)19-4-2/h5-6,11H,3-4H2,1-2H3. The average molecular weight is 362 g/mol. The van der Waals surface area contributed by atoms with Crippen molar-refractivity contribution in [2.45, 2.75) is 24.9 Å². The van der Waals surface area contributed by atoms with Gasteiger partial charge in [0, 0.05) is 11.1 Å². The normalized spacial score (nSPS) is 13.2. The van der Waals surface area contributed by atoms with Crippen molar-refractivity contribution in [2.75, 3.05) is 13.2 Å². The lowest BCUT2D eigenvalue weighted by Gasteiger charge is -2.18. The van der Waals surface area contributed by atoms with Gasteiger partial charge in [0.05, 0.1) is 13.2 Å². The van der Waals surface area contributed by atoms with Crippen molar-refractivity contribution >= 4 is 27.5 Å². The van der Waals surface area contributed by atoms with Crippen LogP contribution in [0.25, 0.3) is 0 Å². The van der Waals surface area contributed by atoms with Gasteiger partial charge in [-0.2, -0.15) is 13.2 Å². The van der Waals surface area contributed by atoms with Crippen molar-refractivity contribution in [3.63, 3.8) is 0 Å². The largest absolute Gasteiger partial charge is 0.490 e. The quantitative estimate of drug-likeness (QED) is 0.676. The van der Waals surface area contributed by atoms with Gasteiger partial charge in [0.2, 0.25) is 0 Å². The number of hydrogen-bond donors (Lipinski definition) is 0. The van der Waals surface area contributed by atoms with Crippen LogP contribution in [0.3, 0.4) is 0 Å². The highest BCUT2D eigenvalue weighted by Crippen LogP contribution is 2.45. The van der Waals surface area contributed by atoms with E-state index in [1.54, 1.807) is 13.8 Å². The van der Waals surface area contributed by atoms with Crippen molar-refractivity contribution in [1.29, 1.82) is 0 Å². The highest BCUT2D eigenvalue weighted by molar-refractivity contribution is 9.09. The molecule has 1 rings (SSSR count). The summed E-state index contributed by atoms with van der Waals surface area (Å²) in [7, 11) is 0. The first kappa shape index (κ1) is 16.4. The van der Waals surface area contributed by atoms with E-state index in [0.717, 1.165) is 0 Å². The predicted molar refractivity (Wildman–Crippen MR) is 71.5 cm³/mol. The van der Waals surface area contributed by atoms with Gasteiger partial charge in [-0.15, -0.1) is 0 Å². The molecule has 1 unspecified atom stereocenters. The van der Waals surface area contributed by atoms with Gasteiger partial charge in [0.25, 0.3) is 0 Å². The van der Waals surface area contributed by atoms with E-state index in [4.69, 9.17) is 21.1 Å². The molecule has 0 aliphatic rings. The number of ether oxygens (including phenoxy) is 2. The second-order valence-electron chi connectivity index (χ2n) is 3.59. The highest BCUT2D eigenvalue weighted by atomic mass is 79.9. The average Bonchev–Trinajstić information content (AvgIpc) is 2.31. The summed E-state index contributed by atoms with van der Waals surface area (Å²) in [5, 5.41) is -0.0221. The third-order valence-corrected chi connectivity index (χ3v) is 3.56. The van der Waals surface area contributed by atoms with Gasteiger partial charge in [0.1, 0.15) is 4.83 Å². The smallest absolute Gasteiger partial charge is 0.405 e. The van der Waals surface area contributed by atoms with E-state index >= 15 is 0 Å².